The summed E-state index contributed by atoms with van der Waals surface area (Å²) in [6.07, 6.45) is -0.130. The van der Waals surface area contributed by atoms with Crippen LogP contribution in [0.5, 0.6) is 0 Å². The largest absolute Gasteiger partial charge is 0.481 e. The van der Waals surface area contributed by atoms with Crippen LogP contribution in [0.4, 0.5) is 4.79 Å². The van der Waals surface area contributed by atoms with Gasteiger partial charge in [0, 0.05) is 25.2 Å². The first-order chi connectivity index (χ1) is 9.03. The lowest BCUT2D eigenvalue weighted by atomic mass is 10.1. The fourth-order valence-corrected chi connectivity index (χ4v) is 3.20. The van der Waals surface area contributed by atoms with Gasteiger partial charge in [-0.15, -0.1) is 0 Å². The van der Waals surface area contributed by atoms with E-state index in [9.17, 15) is 18.0 Å². The van der Waals surface area contributed by atoms with Crippen LogP contribution in [-0.2, 0) is 14.6 Å². The number of carboxylic acids is 1. The number of rotatable bonds is 3. The molecule has 0 aromatic rings. The molecule has 1 aliphatic heterocycles. The van der Waals surface area contributed by atoms with Crippen molar-refractivity contribution in [2.45, 2.75) is 32.7 Å². The van der Waals surface area contributed by atoms with Gasteiger partial charge in [-0.05, 0) is 20.8 Å². The summed E-state index contributed by atoms with van der Waals surface area (Å²) in [6.45, 7) is 5.93. The lowest BCUT2D eigenvalue weighted by Gasteiger charge is -2.40. The molecule has 1 saturated heterocycles. The lowest BCUT2D eigenvalue weighted by Crippen LogP contribution is -2.55. The Bertz CT molecular complexity index is 467. The molecule has 1 N–H and O–H groups in total. The predicted molar refractivity (Wildman–Crippen MR) is 74.3 cm³/mol. The Kier molecular flexibility index (Phi) is 5.01. The molecule has 0 bridgehead atoms. The normalized spacial score (nSPS) is 18.6. The first-order valence-corrected chi connectivity index (χ1v) is 8.34. The Morgan fingerprint density at radius 2 is 1.70 bits per heavy atom. The minimum atomic E-state index is -3.04. The Morgan fingerprint density at radius 1 is 1.20 bits per heavy atom. The molecule has 0 aromatic carbocycles. The Morgan fingerprint density at radius 3 is 2.10 bits per heavy atom. The van der Waals surface area contributed by atoms with E-state index in [0.29, 0.717) is 0 Å². The Hall–Kier alpha value is -1.31. The second kappa shape index (κ2) is 5.99. The van der Waals surface area contributed by atoms with Crippen LogP contribution in [0.1, 0.15) is 27.2 Å². The zero-order chi connectivity index (χ0) is 15.6. The molecule has 2 amide bonds. The van der Waals surface area contributed by atoms with Gasteiger partial charge in [0.15, 0.2) is 9.84 Å². The third-order valence-electron chi connectivity index (χ3n) is 3.20. The molecule has 0 aliphatic carbocycles. The van der Waals surface area contributed by atoms with Crippen molar-refractivity contribution in [1.29, 1.82) is 0 Å². The van der Waals surface area contributed by atoms with E-state index >= 15 is 0 Å². The monoisotopic (exact) mass is 306 g/mol. The molecule has 0 saturated carbocycles. The summed E-state index contributed by atoms with van der Waals surface area (Å²) in [5, 5.41) is 8.76. The summed E-state index contributed by atoms with van der Waals surface area (Å²) in [6, 6.07) is -0.298. The molecule has 1 heterocycles. The highest BCUT2D eigenvalue weighted by Gasteiger charge is 2.33. The molecule has 0 spiro atoms. The van der Waals surface area contributed by atoms with E-state index in [1.165, 1.54) is 9.80 Å². The highest BCUT2D eigenvalue weighted by Crippen LogP contribution is 2.18. The van der Waals surface area contributed by atoms with Crippen molar-refractivity contribution in [1.82, 2.24) is 9.80 Å². The first-order valence-electron chi connectivity index (χ1n) is 6.52. The van der Waals surface area contributed by atoms with Crippen molar-refractivity contribution in [2.24, 2.45) is 0 Å². The summed E-state index contributed by atoms with van der Waals surface area (Å²) in [7, 11) is -3.04. The number of carboxylic acid groups (broad SMARTS) is 1. The van der Waals surface area contributed by atoms with Gasteiger partial charge in [-0.2, -0.15) is 0 Å². The maximum atomic E-state index is 12.4. The molecular weight excluding hydrogens is 284 g/mol. The van der Waals surface area contributed by atoms with Crippen LogP contribution in [0.3, 0.4) is 0 Å². The van der Waals surface area contributed by atoms with E-state index in [-0.39, 0.29) is 43.6 Å². The van der Waals surface area contributed by atoms with Gasteiger partial charge in [-0.25, -0.2) is 13.2 Å². The predicted octanol–water partition coefficient (Wildman–Crippen LogP) is 0.412. The fourth-order valence-electron chi connectivity index (χ4n) is 2.00. The number of aliphatic carboxylic acids is 1. The van der Waals surface area contributed by atoms with Gasteiger partial charge in [0.25, 0.3) is 0 Å². The van der Waals surface area contributed by atoms with Crippen molar-refractivity contribution in [2.75, 3.05) is 31.1 Å². The molecule has 0 atom stereocenters. The van der Waals surface area contributed by atoms with Gasteiger partial charge in [0.2, 0.25) is 0 Å². The first kappa shape index (κ1) is 16.7. The molecule has 0 unspecified atom stereocenters. The van der Waals surface area contributed by atoms with Crippen molar-refractivity contribution in [3.63, 3.8) is 0 Å². The number of hydrogen-bond acceptors (Lipinski definition) is 4. The summed E-state index contributed by atoms with van der Waals surface area (Å²) in [5.41, 5.74) is -0.511. The summed E-state index contributed by atoms with van der Waals surface area (Å²) in [5.74, 6) is -1.03. The van der Waals surface area contributed by atoms with Crippen LogP contribution in [0, 0.1) is 0 Å². The summed E-state index contributed by atoms with van der Waals surface area (Å²) in [4.78, 5) is 26.1. The average Bonchev–Trinajstić information content (AvgIpc) is 2.26. The van der Waals surface area contributed by atoms with Crippen LogP contribution in [0.15, 0.2) is 0 Å². The second-order valence-electron chi connectivity index (χ2n) is 5.89. The van der Waals surface area contributed by atoms with Crippen LogP contribution in [0.2, 0.25) is 0 Å². The highest BCUT2D eigenvalue weighted by molar-refractivity contribution is 7.91. The third kappa shape index (κ3) is 4.66. The number of nitrogens with zero attached hydrogens (tertiary/aromatic N) is 2. The molecule has 1 aliphatic rings. The maximum absolute atomic E-state index is 12.4. The van der Waals surface area contributed by atoms with Crippen LogP contribution < -0.4 is 0 Å². The standard InChI is InChI=1S/C12H22N2O5S/c1-12(2,3)14(5-4-10(15)16)11(17)13-6-8-20(18,19)9-7-13/h4-9H2,1-3H3,(H,15,16). The average molecular weight is 306 g/mol. The van der Waals surface area contributed by atoms with E-state index in [1.54, 1.807) is 0 Å². The quantitative estimate of drug-likeness (QED) is 0.815. The summed E-state index contributed by atoms with van der Waals surface area (Å²) >= 11 is 0. The molecule has 1 fully saturated rings. The fraction of sp³-hybridized carbons (Fsp3) is 0.833. The smallest absolute Gasteiger partial charge is 0.320 e. The number of amides is 2. The van der Waals surface area contributed by atoms with E-state index in [1.807, 2.05) is 20.8 Å². The van der Waals surface area contributed by atoms with Gasteiger partial charge in [-0.1, -0.05) is 0 Å². The van der Waals surface area contributed by atoms with E-state index in [2.05, 4.69) is 0 Å². The van der Waals surface area contributed by atoms with Gasteiger partial charge in [-0.3, -0.25) is 4.79 Å². The number of hydrogen-bond donors (Lipinski definition) is 1. The van der Waals surface area contributed by atoms with Crippen LogP contribution >= 0.6 is 0 Å². The topological polar surface area (TPSA) is 95.0 Å². The van der Waals surface area contributed by atoms with Crippen molar-refractivity contribution >= 4 is 21.8 Å². The van der Waals surface area contributed by atoms with Gasteiger partial charge in [0.1, 0.15) is 0 Å². The highest BCUT2D eigenvalue weighted by atomic mass is 32.2. The number of carbonyl (C=O) groups is 2. The zero-order valence-electron chi connectivity index (χ0n) is 12.1. The maximum Gasteiger partial charge on any atom is 0.320 e. The minimum Gasteiger partial charge on any atom is -0.481 e. The number of carbonyl (C=O) groups excluding carboxylic acids is 1. The van der Waals surface area contributed by atoms with E-state index in [0.717, 1.165) is 0 Å². The van der Waals surface area contributed by atoms with Crippen molar-refractivity contribution < 1.29 is 23.1 Å². The van der Waals surface area contributed by atoms with Gasteiger partial charge < -0.3 is 14.9 Å². The molecule has 7 nitrogen and oxygen atoms in total. The van der Waals surface area contributed by atoms with E-state index in [4.69, 9.17) is 5.11 Å². The molecule has 0 radical (unpaired) electrons. The molecule has 0 aromatic heterocycles. The molecule has 116 valence electrons. The molecular formula is C12H22N2O5S. The molecule has 20 heavy (non-hydrogen) atoms. The van der Waals surface area contributed by atoms with Crippen molar-refractivity contribution in [3.8, 4) is 0 Å². The Balaban J connectivity index is 2.76. The summed E-state index contributed by atoms with van der Waals surface area (Å²) < 4.78 is 22.7. The third-order valence-corrected chi connectivity index (χ3v) is 4.81. The zero-order valence-corrected chi connectivity index (χ0v) is 12.9. The van der Waals surface area contributed by atoms with Crippen molar-refractivity contribution in [3.05, 3.63) is 0 Å². The van der Waals surface area contributed by atoms with Crippen LogP contribution in [-0.4, -0.2) is 72.0 Å². The Labute approximate surface area is 119 Å². The second-order valence-corrected chi connectivity index (χ2v) is 8.19. The minimum absolute atomic E-state index is 0.0321. The molecule has 1 rings (SSSR count). The SMILES string of the molecule is CC(C)(C)N(CCC(=O)O)C(=O)N1CCS(=O)(=O)CC1. The lowest BCUT2D eigenvalue weighted by molar-refractivity contribution is -0.137. The van der Waals surface area contributed by atoms with E-state index < -0.39 is 21.3 Å². The van der Waals surface area contributed by atoms with Gasteiger partial charge in [0.05, 0.1) is 17.9 Å². The van der Waals surface area contributed by atoms with Gasteiger partial charge >= 0.3 is 12.0 Å². The molecule has 8 heteroatoms. The number of sulfone groups is 1. The van der Waals surface area contributed by atoms with Crippen LogP contribution in [0.25, 0.3) is 0 Å². The number of urea groups is 1.